The number of carbonyl (C=O) groups is 2. The molecule has 0 aromatic carbocycles. The molecule has 0 saturated heterocycles. The number of amides is 1. The van der Waals surface area contributed by atoms with E-state index in [1.165, 1.54) is 6.92 Å². The number of carboxylic acids is 1. The summed E-state index contributed by atoms with van der Waals surface area (Å²) in [5.41, 5.74) is 0. The molecule has 0 aliphatic heterocycles. The number of sulfone groups is 1. The van der Waals surface area contributed by atoms with Gasteiger partial charge in [-0.1, -0.05) is 13.3 Å². The van der Waals surface area contributed by atoms with Gasteiger partial charge >= 0.3 is 5.97 Å². The first-order valence-electron chi connectivity index (χ1n) is 4.92. The number of nitrogens with one attached hydrogen (secondary N) is 1. The Kier molecular flexibility index (Phi) is 5.43. The van der Waals surface area contributed by atoms with Crippen molar-refractivity contribution in [3.63, 3.8) is 0 Å². The second kappa shape index (κ2) is 5.83. The maximum absolute atomic E-state index is 11.4. The predicted molar refractivity (Wildman–Crippen MR) is 58.8 cm³/mol. The van der Waals surface area contributed by atoms with Gasteiger partial charge < -0.3 is 10.4 Å². The molecule has 0 aromatic rings. The van der Waals surface area contributed by atoms with Crippen LogP contribution in [0.4, 0.5) is 0 Å². The summed E-state index contributed by atoms with van der Waals surface area (Å²) < 4.78 is 22.1. The van der Waals surface area contributed by atoms with Gasteiger partial charge in [-0.25, -0.2) is 13.2 Å². The Morgan fingerprint density at radius 3 is 2.19 bits per heavy atom. The van der Waals surface area contributed by atoms with E-state index in [2.05, 4.69) is 5.32 Å². The van der Waals surface area contributed by atoms with Crippen molar-refractivity contribution in [1.82, 2.24) is 5.32 Å². The van der Waals surface area contributed by atoms with Gasteiger partial charge in [0, 0.05) is 6.26 Å². The van der Waals surface area contributed by atoms with Gasteiger partial charge in [0.15, 0.2) is 9.84 Å². The van der Waals surface area contributed by atoms with Crippen molar-refractivity contribution in [2.24, 2.45) is 0 Å². The molecule has 0 saturated carbocycles. The average molecular weight is 251 g/mol. The van der Waals surface area contributed by atoms with Crippen LogP contribution < -0.4 is 5.32 Å². The predicted octanol–water partition coefficient (Wildman–Crippen LogP) is -0.211. The first kappa shape index (κ1) is 14.9. The van der Waals surface area contributed by atoms with Crippen LogP contribution in [0.1, 0.15) is 26.7 Å². The highest BCUT2D eigenvalue weighted by molar-refractivity contribution is 7.92. The second-order valence-electron chi connectivity index (χ2n) is 3.66. The molecule has 0 fully saturated rings. The molecule has 94 valence electrons. The van der Waals surface area contributed by atoms with Crippen molar-refractivity contribution in [2.45, 2.75) is 38.0 Å². The standard InChI is InChI=1S/C9H17NO5S/c1-4-5-7(9(12)13)10-8(11)6(2)16(3,14)15/h6-7H,4-5H2,1-3H3,(H,10,11)(H,12,13). The van der Waals surface area contributed by atoms with Gasteiger partial charge in [0.2, 0.25) is 5.91 Å². The molecule has 1 amide bonds. The Morgan fingerprint density at radius 1 is 1.38 bits per heavy atom. The fourth-order valence-electron chi connectivity index (χ4n) is 1.03. The van der Waals surface area contributed by atoms with E-state index >= 15 is 0 Å². The first-order chi connectivity index (χ1) is 7.20. The Hall–Kier alpha value is -1.11. The zero-order valence-corrected chi connectivity index (χ0v) is 10.4. The molecule has 2 atom stereocenters. The van der Waals surface area contributed by atoms with Gasteiger partial charge in [0.1, 0.15) is 11.3 Å². The fraction of sp³-hybridized carbons (Fsp3) is 0.778. The van der Waals surface area contributed by atoms with E-state index < -0.39 is 33.0 Å². The van der Waals surface area contributed by atoms with Crippen molar-refractivity contribution < 1.29 is 23.1 Å². The summed E-state index contributed by atoms with van der Waals surface area (Å²) in [5, 5.41) is 9.75. The van der Waals surface area contributed by atoms with Crippen molar-refractivity contribution in [1.29, 1.82) is 0 Å². The number of hydrogen-bond acceptors (Lipinski definition) is 4. The molecule has 0 bridgehead atoms. The molecule has 0 aliphatic rings. The first-order valence-corrected chi connectivity index (χ1v) is 6.87. The van der Waals surface area contributed by atoms with Crippen LogP contribution in [-0.2, 0) is 19.4 Å². The molecule has 0 spiro atoms. The van der Waals surface area contributed by atoms with Crippen molar-refractivity contribution in [3.8, 4) is 0 Å². The molecule has 0 heterocycles. The summed E-state index contributed by atoms with van der Waals surface area (Å²) in [6.45, 7) is 3.01. The lowest BCUT2D eigenvalue weighted by atomic mass is 10.1. The zero-order valence-electron chi connectivity index (χ0n) is 9.56. The normalized spacial score (nSPS) is 15.2. The third-order valence-corrected chi connectivity index (χ3v) is 3.70. The van der Waals surface area contributed by atoms with Crippen LogP contribution in [0.25, 0.3) is 0 Å². The van der Waals surface area contributed by atoms with Gasteiger partial charge in [0.25, 0.3) is 0 Å². The van der Waals surface area contributed by atoms with Crippen molar-refractivity contribution >= 4 is 21.7 Å². The molecule has 2 N–H and O–H groups in total. The molecule has 0 rings (SSSR count). The second-order valence-corrected chi connectivity index (χ2v) is 6.03. The smallest absolute Gasteiger partial charge is 0.326 e. The van der Waals surface area contributed by atoms with E-state index in [0.717, 1.165) is 6.26 Å². The summed E-state index contributed by atoms with van der Waals surface area (Å²) in [4.78, 5) is 22.2. The minimum absolute atomic E-state index is 0.275. The number of rotatable bonds is 6. The molecule has 0 radical (unpaired) electrons. The number of aliphatic carboxylic acids is 1. The topological polar surface area (TPSA) is 101 Å². The van der Waals surface area contributed by atoms with Crippen LogP contribution in [0, 0.1) is 0 Å². The summed E-state index contributed by atoms with van der Waals surface area (Å²) in [6.07, 6.45) is 1.80. The number of carboxylic acid groups (broad SMARTS) is 1. The summed E-state index contributed by atoms with van der Waals surface area (Å²) in [5.74, 6) is -1.93. The van der Waals surface area contributed by atoms with Gasteiger partial charge in [0.05, 0.1) is 0 Å². The summed E-state index contributed by atoms with van der Waals surface area (Å²) >= 11 is 0. The van der Waals surface area contributed by atoms with Gasteiger partial charge in [-0.05, 0) is 13.3 Å². The fourth-order valence-corrected chi connectivity index (χ4v) is 1.49. The van der Waals surface area contributed by atoms with E-state index in [4.69, 9.17) is 5.11 Å². The van der Waals surface area contributed by atoms with E-state index in [9.17, 15) is 18.0 Å². The van der Waals surface area contributed by atoms with Crippen LogP contribution >= 0.6 is 0 Å². The third-order valence-electron chi connectivity index (χ3n) is 2.20. The Labute approximate surface area is 95.0 Å². The number of hydrogen-bond donors (Lipinski definition) is 2. The monoisotopic (exact) mass is 251 g/mol. The van der Waals surface area contributed by atoms with Gasteiger partial charge in [-0.15, -0.1) is 0 Å². The van der Waals surface area contributed by atoms with Gasteiger partial charge in [-0.3, -0.25) is 4.79 Å². The summed E-state index contributed by atoms with van der Waals surface area (Å²) in [6, 6.07) is -1.03. The summed E-state index contributed by atoms with van der Waals surface area (Å²) in [7, 11) is -3.49. The van der Waals surface area contributed by atoms with Gasteiger partial charge in [-0.2, -0.15) is 0 Å². The van der Waals surface area contributed by atoms with Crippen LogP contribution in [0.2, 0.25) is 0 Å². The largest absolute Gasteiger partial charge is 0.480 e. The number of carbonyl (C=O) groups excluding carboxylic acids is 1. The zero-order chi connectivity index (χ0) is 12.9. The van der Waals surface area contributed by atoms with E-state index in [-0.39, 0.29) is 6.42 Å². The minimum Gasteiger partial charge on any atom is -0.480 e. The molecular weight excluding hydrogens is 234 g/mol. The molecule has 16 heavy (non-hydrogen) atoms. The SMILES string of the molecule is CCCC(NC(=O)C(C)S(C)(=O)=O)C(=O)O. The molecule has 0 aromatic heterocycles. The maximum Gasteiger partial charge on any atom is 0.326 e. The Morgan fingerprint density at radius 2 is 1.88 bits per heavy atom. The van der Waals surface area contributed by atoms with E-state index in [1.54, 1.807) is 6.92 Å². The van der Waals surface area contributed by atoms with Crippen LogP contribution in [0.3, 0.4) is 0 Å². The molecule has 6 nitrogen and oxygen atoms in total. The van der Waals surface area contributed by atoms with E-state index in [0.29, 0.717) is 6.42 Å². The molecule has 7 heteroatoms. The minimum atomic E-state index is -3.49. The maximum atomic E-state index is 11.4. The van der Waals surface area contributed by atoms with E-state index in [1.807, 2.05) is 0 Å². The highest BCUT2D eigenvalue weighted by atomic mass is 32.2. The lowest BCUT2D eigenvalue weighted by Crippen LogP contribution is -2.46. The third kappa shape index (κ3) is 4.61. The average Bonchev–Trinajstić information content (AvgIpc) is 2.14. The van der Waals surface area contributed by atoms with Crippen LogP contribution in [0.5, 0.6) is 0 Å². The van der Waals surface area contributed by atoms with Crippen molar-refractivity contribution in [2.75, 3.05) is 6.26 Å². The lowest BCUT2D eigenvalue weighted by Gasteiger charge is -2.16. The Bertz CT molecular complexity index is 362. The highest BCUT2D eigenvalue weighted by Crippen LogP contribution is 2.02. The quantitative estimate of drug-likeness (QED) is 0.680. The Balaban J connectivity index is 4.59. The lowest BCUT2D eigenvalue weighted by molar-refractivity contribution is -0.141. The van der Waals surface area contributed by atoms with Crippen molar-refractivity contribution in [3.05, 3.63) is 0 Å². The van der Waals surface area contributed by atoms with Crippen LogP contribution in [0.15, 0.2) is 0 Å². The molecular formula is C9H17NO5S. The van der Waals surface area contributed by atoms with Crippen LogP contribution in [-0.4, -0.2) is 42.9 Å². The molecule has 2 unspecified atom stereocenters. The molecule has 0 aliphatic carbocycles. The highest BCUT2D eigenvalue weighted by Gasteiger charge is 2.27.